The third-order valence-corrected chi connectivity index (χ3v) is 3.91. The van der Waals surface area contributed by atoms with Gasteiger partial charge >= 0.3 is 0 Å². The number of hydrogen-bond acceptors (Lipinski definition) is 5. The van der Waals surface area contributed by atoms with Crippen molar-refractivity contribution in [2.45, 2.75) is 40.7 Å². The van der Waals surface area contributed by atoms with Crippen LogP contribution in [0.2, 0.25) is 0 Å². The summed E-state index contributed by atoms with van der Waals surface area (Å²) in [5.74, 6) is 1.18. The van der Waals surface area contributed by atoms with Gasteiger partial charge in [-0.3, -0.25) is 4.79 Å². The van der Waals surface area contributed by atoms with Gasteiger partial charge in [0.1, 0.15) is 11.6 Å². The van der Waals surface area contributed by atoms with Crippen molar-refractivity contribution in [3.05, 3.63) is 39.9 Å². The van der Waals surface area contributed by atoms with E-state index in [0.29, 0.717) is 29.4 Å². The second-order valence-corrected chi connectivity index (χ2v) is 6.82. The van der Waals surface area contributed by atoms with Crippen molar-refractivity contribution in [3.63, 3.8) is 0 Å². The molecule has 2 aromatic heterocycles. The van der Waals surface area contributed by atoms with Crippen molar-refractivity contribution in [2.24, 2.45) is 5.41 Å². The molecule has 1 atom stereocenters. The highest BCUT2D eigenvalue weighted by molar-refractivity contribution is 5.56. The van der Waals surface area contributed by atoms with Crippen LogP contribution in [0.25, 0.3) is 11.4 Å². The van der Waals surface area contributed by atoms with Crippen LogP contribution >= 0.6 is 0 Å². The Labute approximate surface area is 136 Å². The number of aliphatic hydroxyl groups excluding tert-OH is 1. The molecule has 0 spiro atoms. The summed E-state index contributed by atoms with van der Waals surface area (Å²) < 4.78 is 0. The Morgan fingerprint density at radius 1 is 1.30 bits per heavy atom. The molecule has 0 aromatic carbocycles. The fourth-order valence-corrected chi connectivity index (χ4v) is 1.93. The molecule has 124 valence electrons. The van der Waals surface area contributed by atoms with Gasteiger partial charge in [0, 0.05) is 29.6 Å². The maximum atomic E-state index is 11.8. The summed E-state index contributed by atoms with van der Waals surface area (Å²) in [6, 6.07) is 3.64. The molecule has 0 saturated carbocycles. The minimum absolute atomic E-state index is 0.136. The second-order valence-electron chi connectivity index (χ2n) is 6.82. The minimum atomic E-state index is -0.471. The van der Waals surface area contributed by atoms with Crippen molar-refractivity contribution < 1.29 is 5.11 Å². The van der Waals surface area contributed by atoms with Crippen LogP contribution in [0.4, 0.5) is 5.82 Å². The Kier molecular flexibility index (Phi) is 4.85. The van der Waals surface area contributed by atoms with E-state index in [1.807, 2.05) is 33.8 Å². The van der Waals surface area contributed by atoms with Crippen LogP contribution in [-0.4, -0.2) is 32.7 Å². The van der Waals surface area contributed by atoms with Gasteiger partial charge in [-0.05, 0) is 31.4 Å². The lowest BCUT2D eigenvalue weighted by atomic mass is 9.89. The molecule has 0 radical (unpaired) electrons. The molecule has 2 rings (SSSR count). The van der Waals surface area contributed by atoms with E-state index in [-0.39, 0.29) is 11.0 Å². The average Bonchev–Trinajstić information content (AvgIpc) is 2.49. The predicted octanol–water partition coefficient (Wildman–Crippen LogP) is 2.27. The SMILES string of the molecule is Cc1nc(-c2ccc(NCC(O)C(C)(C)C)nc2)[nH]c(=O)c1C. The molecule has 0 fully saturated rings. The van der Waals surface area contributed by atoms with Crippen LogP contribution in [0.5, 0.6) is 0 Å². The zero-order valence-electron chi connectivity index (χ0n) is 14.3. The van der Waals surface area contributed by atoms with Crippen LogP contribution in [0.15, 0.2) is 23.1 Å². The van der Waals surface area contributed by atoms with E-state index >= 15 is 0 Å². The van der Waals surface area contributed by atoms with Gasteiger partial charge in [0.05, 0.1) is 6.10 Å². The van der Waals surface area contributed by atoms with Crippen LogP contribution in [0.1, 0.15) is 32.0 Å². The lowest BCUT2D eigenvalue weighted by molar-refractivity contribution is 0.0745. The highest BCUT2D eigenvalue weighted by Gasteiger charge is 2.21. The first kappa shape index (κ1) is 17.1. The lowest BCUT2D eigenvalue weighted by Gasteiger charge is -2.26. The third kappa shape index (κ3) is 4.16. The van der Waals surface area contributed by atoms with Gasteiger partial charge < -0.3 is 15.4 Å². The molecule has 0 amide bonds. The molecule has 2 heterocycles. The van der Waals surface area contributed by atoms with Crippen LogP contribution < -0.4 is 10.9 Å². The first-order valence-corrected chi connectivity index (χ1v) is 7.64. The number of nitrogens with one attached hydrogen (secondary N) is 2. The minimum Gasteiger partial charge on any atom is -0.391 e. The van der Waals surface area contributed by atoms with E-state index in [2.05, 4.69) is 20.3 Å². The van der Waals surface area contributed by atoms with Gasteiger partial charge in [0.2, 0.25) is 0 Å². The average molecular weight is 316 g/mol. The molecule has 6 nitrogen and oxygen atoms in total. The van der Waals surface area contributed by atoms with E-state index in [1.165, 1.54) is 0 Å². The first-order valence-electron chi connectivity index (χ1n) is 7.64. The van der Waals surface area contributed by atoms with E-state index < -0.39 is 6.10 Å². The van der Waals surface area contributed by atoms with Gasteiger partial charge in [0.15, 0.2) is 0 Å². The highest BCUT2D eigenvalue weighted by atomic mass is 16.3. The zero-order valence-corrected chi connectivity index (χ0v) is 14.3. The Balaban J connectivity index is 2.13. The first-order chi connectivity index (χ1) is 10.7. The highest BCUT2D eigenvalue weighted by Crippen LogP contribution is 2.20. The fraction of sp³-hybridized carbons (Fsp3) is 0.471. The summed E-state index contributed by atoms with van der Waals surface area (Å²) in [4.78, 5) is 23.3. The Bertz CT molecular complexity index is 730. The van der Waals surface area contributed by atoms with Gasteiger partial charge in [-0.2, -0.15) is 0 Å². The van der Waals surface area contributed by atoms with E-state index in [4.69, 9.17) is 0 Å². The molecule has 2 aromatic rings. The van der Waals surface area contributed by atoms with Crippen molar-refractivity contribution in [1.82, 2.24) is 15.0 Å². The molecular formula is C17H24N4O2. The second kappa shape index (κ2) is 6.50. The monoisotopic (exact) mass is 316 g/mol. The Morgan fingerprint density at radius 3 is 2.52 bits per heavy atom. The van der Waals surface area contributed by atoms with Crippen molar-refractivity contribution in [2.75, 3.05) is 11.9 Å². The van der Waals surface area contributed by atoms with E-state index in [1.54, 1.807) is 19.2 Å². The van der Waals surface area contributed by atoms with Crippen LogP contribution in [0, 0.1) is 19.3 Å². The summed E-state index contributed by atoms with van der Waals surface area (Å²) in [5.41, 5.74) is 1.75. The molecule has 0 bridgehead atoms. The largest absolute Gasteiger partial charge is 0.391 e. The number of nitrogens with zero attached hydrogens (tertiary/aromatic N) is 2. The summed E-state index contributed by atoms with van der Waals surface area (Å²) >= 11 is 0. The standard InChI is InChI=1S/C17H24N4O2/c1-10-11(2)20-15(21-16(10)23)12-6-7-14(18-8-12)19-9-13(22)17(3,4)5/h6-8,13,22H,9H2,1-5H3,(H,18,19)(H,20,21,23). The molecule has 0 aliphatic rings. The van der Waals surface area contributed by atoms with Crippen molar-refractivity contribution in [1.29, 1.82) is 0 Å². The summed E-state index contributed by atoms with van der Waals surface area (Å²) in [6.45, 7) is 9.93. The van der Waals surface area contributed by atoms with Crippen molar-refractivity contribution >= 4 is 5.82 Å². The molecule has 3 N–H and O–H groups in total. The lowest BCUT2D eigenvalue weighted by Crippen LogP contribution is -2.33. The normalized spacial score (nSPS) is 13.0. The van der Waals surface area contributed by atoms with Gasteiger partial charge in [-0.25, -0.2) is 9.97 Å². The topological polar surface area (TPSA) is 90.9 Å². The number of aryl methyl sites for hydroxylation is 1. The number of pyridine rings is 1. The number of aromatic nitrogens is 3. The van der Waals surface area contributed by atoms with Crippen LogP contribution in [0.3, 0.4) is 0 Å². The van der Waals surface area contributed by atoms with E-state index in [9.17, 15) is 9.90 Å². The number of anilines is 1. The third-order valence-electron chi connectivity index (χ3n) is 3.91. The van der Waals surface area contributed by atoms with Gasteiger partial charge in [0.25, 0.3) is 5.56 Å². The number of H-pyrrole nitrogens is 1. The quantitative estimate of drug-likeness (QED) is 0.805. The molecule has 0 saturated heterocycles. The smallest absolute Gasteiger partial charge is 0.254 e. The molecule has 0 aliphatic carbocycles. The zero-order chi connectivity index (χ0) is 17.2. The maximum absolute atomic E-state index is 11.8. The Hall–Kier alpha value is -2.21. The maximum Gasteiger partial charge on any atom is 0.254 e. The van der Waals surface area contributed by atoms with Crippen LogP contribution in [-0.2, 0) is 0 Å². The Morgan fingerprint density at radius 2 is 2.00 bits per heavy atom. The van der Waals surface area contributed by atoms with Gasteiger partial charge in [-0.15, -0.1) is 0 Å². The predicted molar refractivity (Wildman–Crippen MR) is 91.5 cm³/mol. The molecule has 1 unspecified atom stereocenters. The summed E-state index contributed by atoms with van der Waals surface area (Å²) in [7, 11) is 0. The molecule has 6 heteroatoms. The fourth-order valence-electron chi connectivity index (χ4n) is 1.93. The molecule has 23 heavy (non-hydrogen) atoms. The van der Waals surface area contributed by atoms with E-state index in [0.717, 1.165) is 5.56 Å². The number of aromatic amines is 1. The number of rotatable bonds is 4. The van der Waals surface area contributed by atoms with Crippen molar-refractivity contribution in [3.8, 4) is 11.4 Å². The summed E-state index contributed by atoms with van der Waals surface area (Å²) in [6.07, 6.45) is 1.18. The number of hydrogen-bond donors (Lipinski definition) is 3. The molecular weight excluding hydrogens is 292 g/mol. The summed E-state index contributed by atoms with van der Waals surface area (Å²) in [5, 5.41) is 13.1. The number of aliphatic hydroxyl groups is 1. The molecule has 0 aliphatic heterocycles. The van der Waals surface area contributed by atoms with Gasteiger partial charge in [-0.1, -0.05) is 20.8 Å².